The Balaban J connectivity index is 1.09. The molecule has 0 aliphatic carbocycles. The molecule has 10 atom stereocenters. The van der Waals surface area contributed by atoms with Crippen molar-refractivity contribution in [1.82, 2.24) is 5.32 Å². The summed E-state index contributed by atoms with van der Waals surface area (Å²) in [5.74, 6) is 0.885. The van der Waals surface area contributed by atoms with Gasteiger partial charge in [-0.05, 0) is 27.6 Å². The minimum Gasteiger partial charge on any atom is -0.507 e. The minimum atomic E-state index is -1.41. The second-order valence-corrected chi connectivity index (χ2v) is 12.3. The van der Waals surface area contributed by atoms with Crippen LogP contribution in [0.5, 0.6) is 5.75 Å². The molecule has 3 aliphatic heterocycles. The van der Waals surface area contributed by atoms with Crippen LogP contribution in [0.3, 0.4) is 0 Å². The number of hydrogen-bond acceptors (Lipinski definition) is 15. The number of aliphatic hydroxyl groups excluding tert-OH is 3. The van der Waals surface area contributed by atoms with Crippen molar-refractivity contribution in [3.05, 3.63) is 38.7 Å². The third-order valence-electron chi connectivity index (χ3n) is 7.55. The highest BCUT2D eigenvalue weighted by Gasteiger charge is 2.55. The molecule has 4 heterocycles. The van der Waals surface area contributed by atoms with Crippen LogP contribution in [0.25, 0.3) is 11.0 Å². The zero-order valence-corrected chi connectivity index (χ0v) is 26.1. The van der Waals surface area contributed by atoms with E-state index in [9.17, 15) is 30.0 Å². The van der Waals surface area contributed by atoms with Gasteiger partial charge in [0.15, 0.2) is 12.6 Å². The number of rotatable bonds is 11. The van der Waals surface area contributed by atoms with Crippen LogP contribution in [0.1, 0.15) is 5.56 Å². The fraction of sp³-hybridized carbons (Fsp3) is 0.630. The van der Waals surface area contributed by atoms with E-state index in [-0.39, 0.29) is 31.1 Å². The molecule has 3 aliphatic rings. The molecule has 2 bridgehead atoms. The minimum absolute atomic E-state index is 0.0444. The van der Waals surface area contributed by atoms with Gasteiger partial charge in [-0.3, -0.25) is 0 Å². The van der Waals surface area contributed by atoms with E-state index < -0.39 is 73.1 Å². The largest absolute Gasteiger partial charge is 0.507 e. The van der Waals surface area contributed by atoms with E-state index in [4.69, 9.17) is 37.6 Å². The van der Waals surface area contributed by atoms with Crippen LogP contribution in [0, 0.1) is 0 Å². The van der Waals surface area contributed by atoms with Crippen LogP contribution in [0.15, 0.2) is 31.9 Å². The summed E-state index contributed by atoms with van der Waals surface area (Å²) in [5, 5.41) is 45.1. The fourth-order valence-corrected chi connectivity index (χ4v) is 6.53. The first-order chi connectivity index (χ1) is 21.1. The van der Waals surface area contributed by atoms with E-state index in [2.05, 4.69) is 21.2 Å². The Morgan fingerprint density at radius 3 is 2.61 bits per heavy atom. The molecule has 5 rings (SSSR count). The normalized spacial score (nSPS) is 33.4. The number of aromatic hydroxyl groups is 1. The zero-order chi connectivity index (χ0) is 31.5. The van der Waals surface area contributed by atoms with Crippen molar-refractivity contribution in [2.45, 2.75) is 67.2 Å². The van der Waals surface area contributed by atoms with Gasteiger partial charge in [0.05, 0.1) is 11.1 Å². The topological polar surface area (TPSA) is 205 Å². The predicted octanol–water partition coefficient (Wildman–Crippen LogP) is 0.198. The number of methoxy groups -OCH3 is 2. The number of phenols is 1. The molecule has 17 heteroatoms. The first-order valence-corrected chi connectivity index (χ1v) is 15.7. The fourth-order valence-electron chi connectivity index (χ4n) is 5.34. The lowest BCUT2D eigenvalue weighted by Crippen LogP contribution is -2.63. The number of thioether (sulfide) groups is 1. The molecule has 15 nitrogen and oxygen atoms in total. The molecule has 6 unspecified atom stereocenters. The highest BCUT2D eigenvalue weighted by atomic mass is 79.9. The van der Waals surface area contributed by atoms with E-state index in [0.29, 0.717) is 26.9 Å². The number of ether oxygens (including phenoxy) is 7. The zero-order valence-electron chi connectivity index (χ0n) is 23.7. The highest BCUT2D eigenvalue weighted by molar-refractivity contribution is 9.10. The van der Waals surface area contributed by atoms with Crippen molar-refractivity contribution in [3.8, 4) is 5.75 Å². The summed E-state index contributed by atoms with van der Waals surface area (Å²) < 4.78 is 44.3. The van der Waals surface area contributed by atoms with Gasteiger partial charge in [0.25, 0.3) is 0 Å². The molecule has 2 aromatic rings. The van der Waals surface area contributed by atoms with Gasteiger partial charge in [-0.2, -0.15) is 11.8 Å². The molecule has 244 valence electrons. The van der Waals surface area contributed by atoms with Crippen LogP contribution in [0.4, 0.5) is 4.79 Å². The number of benzene rings is 1. The number of phenolic OH excluding ortho intramolecular Hbond substituents is 1. The highest BCUT2D eigenvalue weighted by Crippen LogP contribution is 2.35. The van der Waals surface area contributed by atoms with Crippen molar-refractivity contribution >= 4 is 44.8 Å². The third-order valence-corrected chi connectivity index (χ3v) is 9.20. The Bertz CT molecular complexity index is 1360. The van der Waals surface area contributed by atoms with Crippen molar-refractivity contribution in [1.29, 1.82) is 0 Å². The second kappa shape index (κ2) is 14.6. The predicted molar refractivity (Wildman–Crippen MR) is 155 cm³/mol. The van der Waals surface area contributed by atoms with Gasteiger partial charge in [-0.15, -0.1) is 0 Å². The summed E-state index contributed by atoms with van der Waals surface area (Å²) in [5.41, 5.74) is 0.445. The first-order valence-electron chi connectivity index (χ1n) is 13.7. The van der Waals surface area contributed by atoms with Crippen molar-refractivity contribution in [2.24, 2.45) is 0 Å². The van der Waals surface area contributed by atoms with Crippen molar-refractivity contribution < 1.29 is 62.8 Å². The van der Waals surface area contributed by atoms with Gasteiger partial charge in [0, 0.05) is 49.8 Å². The number of halogens is 1. The summed E-state index contributed by atoms with van der Waals surface area (Å²) in [7, 11) is 2.70. The second-order valence-electron chi connectivity index (χ2n) is 10.4. The molecular formula is C27H34BrNO14S. The number of nitrogens with one attached hydrogen (secondary N) is 1. The maximum Gasteiger partial charge on any atom is 0.407 e. The van der Waals surface area contributed by atoms with Crippen LogP contribution in [-0.4, -0.2) is 128 Å². The lowest BCUT2D eigenvalue weighted by Gasteiger charge is -2.44. The van der Waals surface area contributed by atoms with Crippen LogP contribution in [-0.2, 0) is 38.9 Å². The maximum atomic E-state index is 12.4. The Morgan fingerprint density at radius 1 is 1.07 bits per heavy atom. The number of fused-ring (bicyclic) bond motifs is 3. The molecule has 44 heavy (non-hydrogen) atoms. The van der Waals surface area contributed by atoms with Crippen LogP contribution >= 0.6 is 27.7 Å². The molecule has 0 saturated carbocycles. The van der Waals surface area contributed by atoms with Gasteiger partial charge in [0.1, 0.15) is 66.8 Å². The van der Waals surface area contributed by atoms with Crippen molar-refractivity contribution in [3.63, 3.8) is 0 Å². The average Bonchev–Trinajstić information content (AvgIpc) is 3.30. The molecule has 1 amide bonds. The molecule has 1 aromatic heterocycles. The Hall–Kier alpha value is -2.03. The summed E-state index contributed by atoms with van der Waals surface area (Å²) in [6.07, 6.45) is -11.3. The molecule has 0 radical (unpaired) electrons. The summed E-state index contributed by atoms with van der Waals surface area (Å²) in [4.78, 5) is 24.3. The lowest BCUT2D eigenvalue weighted by atomic mass is 9.98. The number of aliphatic hydroxyl groups is 3. The maximum absolute atomic E-state index is 12.4. The molecule has 0 spiro atoms. The number of carbonyl (C=O) groups excluding carboxylic acids is 1. The molecule has 3 fully saturated rings. The average molecular weight is 709 g/mol. The van der Waals surface area contributed by atoms with E-state index in [0.717, 1.165) is 0 Å². The molecular weight excluding hydrogens is 674 g/mol. The smallest absolute Gasteiger partial charge is 0.407 e. The molecule has 5 N–H and O–H groups in total. The Kier molecular flexibility index (Phi) is 11.1. The third kappa shape index (κ3) is 7.18. The summed E-state index contributed by atoms with van der Waals surface area (Å²) in [6, 6.07) is 4.42. The van der Waals surface area contributed by atoms with E-state index in [1.807, 2.05) is 0 Å². The summed E-state index contributed by atoms with van der Waals surface area (Å²) in [6.45, 7) is -0.00300. The lowest BCUT2D eigenvalue weighted by molar-refractivity contribution is -0.340. The first kappa shape index (κ1) is 33.3. The molecule has 1 aromatic carbocycles. The molecule has 3 saturated heterocycles. The Labute approximate surface area is 263 Å². The van der Waals surface area contributed by atoms with Gasteiger partial charge in [-0.1, -0.05) is 0 Å². The van der Waals surface area contributed by atoms with Gasteiger partial charge in [0.2, 0.25) is 0 Å². The number of carbonyl (C=O) groups is 1. The number of alkyl carbamates (subject to hydrolysis) is 1. The van der Waals surface area contributed by atoms with E-state index in [1.54, 1.807) is 6.07 Å². The van der Waals surface area contributed by atoms with E-state index >= 15 is 0 Å². The summed E-state index contributed by atoms with van der Waals surface area (Å²) >= 11 is 4.72. The number of amides is 1. The quantitative estimate of drug-likeness (QED) is 0.156. The van der Waals surface area contributed by atoms with Gasteiger partial charge in [-0.25, -0.2) is 9.59 Å². The van der Waals surface area contributed by atoms with Crippen molar-refractivity contribution in [2.75, 3.05) is 39.7 Å². The monoisotopic (exact) mass is 707 g/mol. The Morgan fingerprint density at radius 2 is 1.86 bits per heavy atom. The number of hydrogen-bond donors (Lipinski definition) is 5. The van der Waals surface area contributed by atoms with Gasteiger partial charge >= 0.3 is 11.7 Å². The van der Waals surface area contributed by atoms with Gasteiger partial charge < -0.3 is 63.3 Å². The SMILES string of the molecule is COC1OC2CO[C@@H](C1O)[C@@H]2OC1OC(COC(=O)NCCSCc2cc(=O)oc3cc(O)c(Br)cc23)C(O)[C@H](OC)[C@H]1O. The van der Waals surface area contributed by atoms with E-state index in [1.165, 1.54) is 38.1 Å². The standard InChI is InChI=1S/C27H34BrNO14S/c1-36-23-19(32)16(41-26(20(23)33)43-22-17-9-38-24(22)21(34)25(37-2)42-17)8-39-27(35)29-3-4-44-10-11-5-18(31)40-15-7-14(30)13(28)6-12(11)15/h5-7,16-17,19-26,30,32-34H,3-4,8-10H2,1-2H3,(H,29,35)/t16?,17?,19?,20-,21?,22-,23+,24+,25?,26?/m1/s1. The van der Waals surface area contributed by atoms with Crippen LogP contribution in [0.2, 0.25) is 0 Å². The van der Waals surface area contributed by atoms with Crippen LogP contribution < -0.4 is 10.9 Å².